The molecule has 86 heavy (non-hydrogen) atoms. The molecule has 7 heterocycles. The van der Waals surface area contributed by atoms with Gasteiger partial charge in [-0.3, -0.25) is 14.4 Å². The molecule has 0 spiro atoms. The monoisotopic (exact) mass is 1260 g/mol. The predicted octanol–water partition coefficient (Wildman–Crippen LogP) is -14.8. The maximum Gasteiger partial charge on any atom is 0.217 e. The van der Waals surface area contributed by atoms with Gasteiger partial charge in [0.1, 0.15) is 165 Å². The lowest BCUT2D eigenvalue weighted by Gasteiger charge is -2.50. The van der Waals surface area contributed by atoms with Crippen molar-refractivity contribution in [3.05, 3.63) is 0 Å². The maximum atomic E-state index is 12.9. The number of aliphatic hydroxyl groups is 19. The second kappa shape index (κ2) is 30.5. The van der Waals surface area contributed by atoms with Gasteiger partial charge in [-0.1, -0.05) is 0 Å². The first-order valence-electron chi connectivity index (χ1n) is 27.5. The average molecular weight is 1260 g/mol. The molecule has 498 valence electrons. The van der Waals surface area contributed by atoms with Crippen LogP contribution in [0.25, 0.3) is 0 Å². The zero-order chi connectivity index (χ0) is 63.5. The molecule has 7 rings (SSSR count). The van der Waals surface area contributed by atoms with E-state index >= 15 is 0 Å². The number of carbonyl (C=O) groups is 3. The second-order valence-corrected chi connectivity index (χ2v) is 21.8. The van der Waals surface area contributed by atoms with Crippen molar-refractivity contribution in [2.75, 3.05) is 39.6 Å². The van der Waals surface area contributed by atoms with Gasteiger partial charge in [-0.05, 0) is 6.92 Å². The van der Waals surface area contributed by atoms with Gasteiger partial charge >= 0.3 is 0 Å². The van der Waals surface area contributed by atoms with Crippen molar-refractivity contribution >= 4 is 17.7 Å². The topological polar surface area (TPSA) is 592 Å². The molecule has 0 saturated carbocycles. The Labute approximate surface area is 488 Å². The standard InChI is InChI=1S/C48H81N3O35/c1-11-24(59)30(65)34(69)45(76-11)86-41-23(51-14(4)58)44(81-18(8-55)39(41)84-46-35(70)31(66)25(60)15(5-52)78-46)75-9-19-27(62)33(68)37(72)48(82-19)83-38-17(7-54)80-43(21(29(38)64)49-12(2)56)74-10-20-28(63)40(22(42(73)77-20)50-13(3)57)85-47-36(71)32(67)26(61)16(6-53)79-47/h11,15-48,52-55,59-73H,5-10H2,1-4H3,(H,49,56)(H,50,57)(H,51,58)/t11-,15+,16+,17+,18+,19+,20+,21+,22+,23+,24+,25-,26-,27-,28-,29+,30+,31-,32-,33-,34-,35+,36+,37+,38+,39+,40+,41+,42+,43+,44+,45-,46-,47-,48-/m0/s1. The van der Waals surface area contributed by atoms with E-state index in [0.29, 0.717) is 0 Å². The van der Waals surface area contributed by atoms with E-state index in [9.17, 15) is 111 Å². The lowest BCUT2D eigenvalue weighted by atomic mass is 9.94. The molecule has 38 nitrogen and oxygen atoms in total. The Balaban J connectivity index is 1.08. The third-order valence-electron chi connectivity index (χ3n) is 15.7. The molecule has 35 atom stereocenters. The first-order chi connectivity index (χ1) is 40.6. The van der Waals surface area contributed by atoms with Gasteiger partial charge in [0, 0.05) is 20.8 Å². The highest BCUT2D eigenvalue weighted by Gasteiger charge is 2.58. The van der Waals surface area contributed by atoms with Gasteiger partial charge in [-0.25, -0.2) is 0 Å². The first kappa shape index (κ1) is 70.6. The van der Waals surface area contributed by atoms with Gasteiger partial charge in [0.05, 0.1) is 45.7 Å². The highest BCUT2D eigenvalue weighted by molar-refractivity contribution is 5.74. The molecular formula is C48H81N3O35. The number of rotatable bonds is 21. The number of ether oxygens (including phenoxy) is 13. The molecule has 7 aliphatic heterocycles. The lowest BCUT2D eigenvalue weighted by Crippen LogP contribution is -2.70. The van der Waals surface area contributed by atoms with Crippen molar-refractivity contribution in [2.24, 2.45) is 0 Å². The van der Waals surface area contributed by atoms with Crippen LogP contribution in [-0.2, 0) is 76.0 Å². The quantitative estimate of drug-likeness (QED) is 0.0507. The molecule has 0 aromatic heterocycles. The van der Waals surface area contributed by atoms with Gasteiger partial charge in [0.2, 0.25) is 17.7 Å². The van der Waals surface area contributed by atoms with Crippen LogP contribution in [0.3, 0.4) is 0 Å². The van der Waals surface area contributed by atoms with E-state index in [0.717, 1.165) is 20.8 Å². The summed E-state index contributed by atoms with van der Waals surface area (Å²) in [5.74, 6) is -2.44. The molecule has 0 aromatic rings. The van der Waals surface area contributed by atoms with E-state index in [-0.39, 0.29) is 0 Å². The molecule has 0 unspecified atom stereocenters. The van der Waals surface area contributed by atoms with Crippen molar-refractivity contribution in [3.8, 4) is 0 Å². The number of amides is 3. The van der Waals surface area contributed by atoms with Crippen LogP contribution in [0.4, 0.5) is 0 Å². The van der Waals surface area contributed by atoms with Crippen LogP contribution >= 0.6 is 0 Å². The van der Waals surface area contributed by atoms with Gasteiger partial charge in [-0.15, -0.1) is 0 Å². The van der Waals surface area contributed by atoms with E-state index in [1.807, 2.05) is 0 Å². The normalized spacial score (nSPS) is 49.4. The summed E-state index contributed by atoms with van der Waals surface area (Å²) in [6.45, 7) is -1.20. The Morgan fingerprint density at radius 1 is 0.326 bits per heavy atom. The fourth-order valence-corrected chi connectivity index (χ4v) is 10.9. The largest absolute Gasteiger partial charge is 0.394 e. The third-order valence-corrected chi connectivity index (χ3v) is 15.7. The number of hydrogen-bond acceptors (Lipinski definition) is 35. The van der Waals surface area contributed by atoms with Gasteiger partial charge in [0.15, 0.2) is 44.0 Å². The zero-order valence-electron chi connectivity index (χ0n) is 46.5. The average Bonchev–Trinajstić information content (AvgIpc) is 1.77. The minimum Gasteiger partial charge on any atom is -0.394 e. The van der Waals surface area contributed by atoms with Gasteiger partial charge < -0.3 is 175 Å². The van der Waals surface area contributed by atoms with E-state index in [2.05, 4.69) is 16.0 Å². The minimum atomic E-state index is -2.19. The summed E-state index contributed by atoms with van der Waals surface area (Å²) < 4.78 is 75.6. The van der Waals surface area contributed by atoms with Crippen LogP contribution in [0.15, 0.2) is 0 Å². The Bertz CT molecular complexity index is 2170. The number of aliphatic hydroxyl groups excluding tert-OH is 19. The first-order valence-corrected chi connectivity index (χ1v) is 27.5. The molecule has 7 aliphatic rings. The Morgan fingerprint density at radius 2 is 0.663 bits per heavy atom. The third kappa shape index (κ3) is 15.5. The van der Waals surface area contributed by atoms with Crippen molar-refractivity contribution in [2.45, 2.75) is 242 Å². The highest BCUT2D eigenvalue weighted by atomic mass is 16.8. The zero-order valence-corrected chi connectivity index (χ0v) is 46.5. The number of nitrogens with one attached hydrogen (secondary N) is 3. The highest BCUT2D eigenvalue weighted by Crippen LogP contribution is 2.37. The van der Waals surface area contributed by atoms with Crippen LogP contribution in [0, 0.1) is 0 Å². The van der Waals surface area contributed by atoms with Gasteiger partial charge in [0.25, 0.3) is 0 Å². The Hall–Kier alpha value is -2.87. The molecule has 38 heteroatoms. The summed E-state index contributed by atoms with van der Waals surface area (Å²) in [6, 6.07) is -5.03. The summed E-state index contributed by atoms with van der Waals surface area (Å²) in [5.41, 5.74) is 0. The molecule has 0 radical (unpaired) electrons. The maximum absolute atomic E-state index is 12.9. The van der Waals surface area contributed by atoms with Crippen LogP contribution in [0.5, 0.6) is 0 Å². The smallest absolute Gasteiger partial charge is 0.217 e. The molecule has 3 amide bonds. The Morgan fingerprint density at radius 3 is 1.13 bits per heavy atom. The van der Waals surface area contributed by atoms with E-state index in [1.165, 1.54) is 6.92 Å². The SMILES string of the molecule is CC(=O)N[C@@H]1[C@@H](O[C@@H]2O[C@H](CO)[C@H](O)[C@H](O)[C@H]2O)[C@@H](O)[C@@H](CO[C@@H]2O[C@H](CO)[C@@H](O[C@@H]3O[C@H](CO[C@@H]4O[C@H](CO)[C@@H](O[C@@H]5O[C@H](CO)[C@H](O)[C@H](O)[C@H]5O)[C@H](O[C@@H]5O[C@@H](C)[C@@H](O)[C@@H](O)[C@@H]5O)[C@H]4NC(C)=O)[C@H](O)[C@H](O)[C@H]3O)[C@H](O)[C@H]2NC(C)=O)O[C@H]1O. The minimum absolute atomic E-state index is 0.768. The molecule has 0 aliphatic carbocycles. The van der Waals surface area contributed by atoms with Crippen LogP contribution in [0.1, 0.15) is 27.7 Å². The van der Waals surface area contributed by atoms with E-state index in [4.69, 9.17) is 61.6 Å². The molecular weight excluding hydrogens is 1180 g/mol. The number of hydrogen-bond donors (Lipinski definition) is 22. The summed E-state index contributed by atoms with van der Waals surface area (Å²) in [6.07, 6.45) is -59.6. The summed E-state index contributed by atoms with van der Waals surface area (Å²) in [4.78, 5) is 37.7. The molecule has 0 aromatic carbocycles. The van der Waals surface area contributed by atoms with Crippen LogP contribution in [-0.4, -0.2) is 369 Å². The Kier molecular flexibility index (Phi) is 25.0. The molecule has 0 bridgehead atoms. The van der Waals surface area contributed by atoms with Crippen LogP contribution < -0.4 is 16.0 Å². The predicted molar refractivity (Wildman–Crippen MR) is 265 cm³/mol. The fourth-order valence-electron chi connectivity index (χ4n) is 10.9. The molecule has 7 fully saturated rings. The summed E-state index contributed by atoms with van der Waals surface area (Å²) in [5, 5.41) is 212. The summed E-state index contributed by atoms with van der Waals surface area (Å²) in [7, 11) is 0. The summed E-state index contributed by atoms with van der Waals surface area (Å²) >= 11 is 0. The van der Waals surface area contributed by atoms with Gasteiger partial charge in [-0.2, -0.15) is 0 Å². The second-order valence-electron chi connectivity index (χ2n) is 21.8. The number of carbonyl (C=O) groups excluding carboxylic acids is 3. The van der Waals surface area contributed by atoms with Crippen LogP contribution in [0.2, 0.25) is 0 Å². The lowest BCUT2D eigenvalue weighted by molar-refractivity contribution is -0.378. The fraction of sp³-hybridized carbons (Fsp3) is 0.938. The molecule has 7 saturated heterocycles. The molecule has 22 N–H and O–H groups in total. The van der Waals surface area contributed by atoms with E-state index in [1.54, 1.807) is 0 Å². The van der Waals surface area contributed by atoms with Crippen molar-refractivity contribution in [1.29, 1.82) is 0 Å². The van der Waals surface area contributed by atoms with Crippen molar-refractivity contribution in [3.63, 3.8) is 0 Å². The van der Waals surface area contributed by atoms with Crippen molar-refractivity contribution < 1.29 is 173 Å². The van der Waals surface area contributed by atoms with E-state index < -0.39 is 272 Å². The van der Waals surface area contributed by atoms with Crippen molar-refractivity contribution in [1.82, 2.24) is 16.0 Å².